The van der Waals surface area contributed by atoms with Gasteiger partial charge < -0.3 is 20.2 Å². The molecule has 1 unspecified atom stereocenters. The van der Waals surface area contributed by atoms with Gasteiger partial charge in [0.05, 0.1) is 0 Å². The van der Waals surface area contributed by atoms with Gasteiger partial charge in [0.2, 0.25) is 5.82 Å². The van der Waals surface area contributed by atoms with Crippen LogP contribution < -0.4 is 15.1 Å². The number of alkyl halides is 3. The van der Waals surface area contributed by atoms with E-state index in [2.05, 4.69) is 53.5 Å². The number of nitrogens with one attached hydrogen (secondary N) is 1. The lowest BCUT2D eigenvalue weighted by Crippen LogP contribution is -2.40. The van der Waals surface area contributed by atoms with E-state index in [1.54, 1.807) is 6.07 Å². The molecule has 1 fully saturated rings. The van der Waals surface area contributed by atoms with Crippen LogP contribution in [-0.2, 0) is 6.18 Å². The Labute approximate surface area is 240 Å². The van der Waals surface area contributed by atoms with Crippen molar-refractivity contribution >= 4 is 11.6 Å². The minimum Gasteiger partial charge on any atom is -0.396 e. The number of halogens is 3. The quantitative estimate of drug-likeness (QED) is 0.208. The van der Waals surface area contributed by atoms with Crippen molar-refractivity contribution in [2.24, 2.45) is 11.3 Å². The summed E-state index contributed by atoms with van der Waals surface area (Å²) in [6.07, 6.45) is 10.5. The van der Waals surface area contributed by atoms with Gasteiger partial charge in [-0.1, -0.05) is 65.0 Å². The van der Waals surface area contributed by atoms with Crippen molar-refractivity contribution in [2.75, 3.05) is 56.2 Å². The van der Waals surface area contributed by atoms with Gasteiger partial charge in [0.15, 0.2) is 0 Å². The number of hydrogen-bond acceptors (Lipinski definition) is 6. The number of aliphatic hydroxyl groups is 1. The van der Waals surface area contributed by atoms with Crippen LogP contribution in [0, 0.1) is 17.8 Å². The smallest absolute Gasteiger partial charge is 0.396 e. The third-order valence-electron chi connectivity index (χ3n) is 7.75. The van der Waals surface area contributed by atoms with Crippen molar-refractivity contribution in [1.29, 1.82) is 0 Å². The number of hydrogen-bond donors (Lipinski definition) is 2. The molecule has 40 heavy (non-hydrogen) atoms. The highest BCUT2D eigenvalue weighted by molar-refractivity contribution is 5.52. The van der Waals surface area contributed by atoms with E-state index >= 15 is 0 Å². The third kappa shape index (κ3) is 11.2. The SMILES string of the molecule is CCCNCC(CN(C)c1cc(N(CCC)CC2(CCC)CCCCC2)nc(C(F)(F)F)n1)C1=C[CH]1.CCCO. The molecule has 2 N–H and O–H groups in total. The third-order valence-corrected chi connectivity index (χ3v) is 7.75. The maximum atomic E-state index is 13.9. The average molecular weight is 569 g/mol. The van der Waals surface area contributed by atoms with E-state index < -0.39 is 12.0 Å². The summed E-state index contributed by atoms with van der Waals surface area (Å²) < 4.78 is 41.8. The Bertz CT molecular complexity index is 879. The molecule has 1 atom stereocenters. The Kier molecular flexibility index (Phi) is 14.7. The highest BCUT2D eigenvalue weighted by Gasteiger charge is 2.38. The summed E-state index contributed by atoms with van der Waals surface area (Å²) in [5.74, 6) is -0.0894. The van der Waals surface area contributed by atoms with Crippen LogP contribution in [0.3, 0.4) is 0 Å². The summed E-state index contributed by atoms with van der Waals surface area (Å²) in [6, 6.07) is 1.77. The molecule has 1 aromatic rings. The largest absolute Gasteiger partial charge is 0.451 e. The molecule has 2 aliphatic carbocycles. The van der Waals surface area contributed by atoms with Gasteiger partial charge in [0.1, 0.15) is 11.6 Å². The molecule has 0 amide bonds. The average Bonchev–Trinajstić information content (AvgIpc) is 3.78. The predicted octanol–water partition coefficient (Wildman–Crippen LogP) is 7.05. The fourth-order valence-corrected chi connectivity index (χ4v) is 5.66. The zero-order chi connectivity index (χ0) is 29.6. The van der Waals surface area contributed by atoms with E-state index in [1.807, 2.05) is 18.9 Å². The first-order chi connectivity index (χ1) is 19.1. The van der Waals surface area contributed by atoms with E-state index in [0.29, 0.717) is 31.3 Å². The van der Waals surface area contributed by atoms with Gasteiger partial charge in [-0.15, -0.1) is 0 Å². The zero-order valence-electron chi connectivity index (χ0n) is 25.5. The molecule has 1 saturated carbocycles. The monoisotopic (exact) mass is 568 g/mol. The Morgan fingerprint density at radius 2 is 1.65 bits per heavy atom. The van der Waals surface area contributed by atoms with Crippen molar-refractivity contribution in [1.82, 2.24) is 15.3 Å². The second kappa shape index (κ2) is 17.2. The molecule has 0 bridgehead atoms. The molecule has 0 aromatic carbocycles. The van der Waals surface area contributed by atoms with E-state index in [4.69, 9.17) is 5.11 Å². The molecule has 1 radical (unpaired) electrons. The minimum atomic E-state index is -4.59. The molecule has 6 nitrogen and oxygen atoms in total. The Morgan fingerprint density at radius 3 is 2.17 bits per heavy atom. The summed E-state index contributed by atoms with van der Waals surface area (Å²) in [6.45, 7) is 12.4. The van der Waals surface area contributed by atoms with Crippen LogP contribution in [0.25, 0.3) is 0 Å². The molecular formula is C31H53F3N5O. The molecule has 9 heteroatoms. The molecule has 0 saturated heterocycles. The lowest BCUT2D eigenvalue weighted by atomic mass is 9.71. The van der Waals surface area contributed by atoms with Crippen LogP contribution in [0.1, 0.15) is 97.7 Å². The predicted molar refractivity (Wildman–Crippen MR) is 160 cm³/mol. The number of rotatable bonds is 16. The van der Waals surface area contributed by atoms with Crippen LogP contribution in [0.15, 0.2) is 17.7 Å². The molecule has 0 aliphatic heterocycles. The van der Waals surface area contributed by atoms with Gasteiger partial charge in [-0.2, -0.15) is 13.2 Å². The Morgan fingerprint density at radius 1 is 1.00 bits per heavy atom. The zero-order valence-corrected chi connectivity index (χ0v) is 25.5. The molecule has 3 rings (SSSR count). The summed E-state index contributed by atoms with van der Waals surface area (Å²) in [4.78, 5) is 12.0. The standard InChI is InChI=1S/C28H45F3N5.C3H8O/c1-5-13-27(14-9-8-10-15-27)21-36(17-7-3)25-18-24(33-26(34-25)28(29,30)31)35(4)20-23(22-11-12-22)19-32-16-6-2;1-2-3-4/h11-12,18,23,32H,5-10,13-17,19-21H2,1-4H3;4H,2-3H2,1H3. The number of anilines is 2. The first-order valence-electron chi connectivity index (χ1n) is 15.4. The van der Waals surface area contributed by atoms with Gasteiger partial charge in [-0.3, -0.25) is 0 Å². The van der Waals surface area contributed by atoms with Gasteiger partial charge in [-0.25, -0.2) is 9.97 Å². The van der Waals surface area contributed by atoms with Crippen molar-refractivity contribution in [2.45, 2.75) is 98.1 Å². The van der Waals surface area contributed by atoms with Gasteiger partial charge in [0, 0.05) is 58.2 Å². The topological polar surface area (TPSA) is 64.5 Å². The van der Waals surface area contributed by atoms with Crippen LogP contribution in [0.4, 0.5) is 24.8 Å². The van der Waals surface area contributed by atoms with Crippen molar-refractivity contribution in [3.63, 3.8) is 0 Å². The summed E-state index contributed by atoms with van der Waals surface area (Å²) in [5, 5.41) is 11.3. The minimum absolute atomic E-state index is 0.155. The Hall–Kier alpha value is -1.87. The summed E-state index contributed by atoms with van der Waals surface area (Å²) >= 11 is 0. The fourth-order valence-electron chi connectivity index (χ4n) is 5.66. The first-order valence-corrected chi connectivity index (χ1v) is 15.4. The number of nitrogens with zero attached hydrogens (tertiary/aromatic N) is 4. The van der Waals surface area contributed by atoms with Crippen LogP contribution >= 0.6 is 0 Å². The lowest BCUT2D eigenvalue weighted by Gasteiger charge is -2.42. The van der Waals surface area contributed by atoms with E-state index in [0.717, 1.165) is 64.6 Å². The molecule has 1 heterocycles. The second-order valence-electron chi connectivity index (χ2n) is 11.5. The molecular weight excluding hydrogens is 515 g/mol. The van der Waals surface area contributed by atoms with E-state index in [-0.39, 0.29) is 11.3 Å². The molecule has 2 aliphatic rings. The summed E-state index contributed by atoms with van der Waals surface area (Å²) in [5.41, 5.74) is 1.41. The number of aliphatic hydroxyl groups excluding tert-OH is 1. The maximum absolute atomic E-state index is 13.9. The van der Waals surface area contributed by atoms with Crippen LogP contribution in [0.2, 0.25) is 0 Å². The fraction of sp³-hybridized carbons (Fsp3) is 0.774. The van der Waals surface area contributed by atoms with Gasteiger partial charge >= 0.3 is 6.18 Å². The second-order valence-corrected chi connectivity index (χ2v) is 11.5. The van der Waals surface area contributed by atoms with Crippen molar-refractivity contribution in [3.05, 3.63) is 30.0 Å². The molecule has 1 aromatic heterocycles. The van der Waals surface area contributed by atoms with E-state index in [1.165, 1.54) is 24.8 Å². The Balaban J connectivity index is 0.00000131. The lowest BCUT2D eigenvalue weighted by molar-refractivity contribution is -0.144. The van der Waals surface area contributed by atoms with Crippen molar-refractivity contribution < 1.29 is 18.3 Å². The van der Waals surface area contributed by atoms with Crippen molar-refractivity contribution in [3.8, 4) is 0 Å². The van der Waals surface area contributed by atoms with Gasteiger partial charge in [-0.05, 0) is 50.5 Å². The number of aromatic nitrogens is 2. The van der Waals surface area contributed by atoms with Crippen LogP contribution in [0.5, 0.6) is 0 Å². The van der Waals surface area contributed by atoms with Gasteiger partial charge in [0.25, 0.3) is 0 Å². The summed E-state index contributed by atoms with van der Waals surface area (Å²) in [7, 11) is 1.84. The van der Waals surface area contributed by atoms with E-state index in [9.17, 15) is 13.2 Å². The first kappa shape index (κ1) is 34.3. The highest BCUT2D eigenvalue weighted by Crippen LogP contribution is 2.42. The molecule has 229 valence electrons. The normalized spacial score (nSPS) is 17.0. The van der Waals surface area contributed by atoms with Crippen LogP contribution in [-0.4, -0.2) is 61.5 Å². The molecule has 0 spiro atoms. The maximum Gasteiger partial charge on any atom is 0.451 e. The number of allylic oxidation sites excluding steroid dienone is 1. The highest BCUT2D eigenvalue weighted by atomic mass is 19.4.